The third kappa shape index (κ3) is 3.80. The van der Waals surface area contributed by atoms with E-state index in [2.05, 4.69) is 4.72 Å². The van der Waals surface area contributed by atoms with Gasteiger partial charge >= 0.3 is 0 Å². The van der Waals surface area contributed by atoms with Crippen LogP contribution in [0.2, 0.25) is 5.02 Å². The van der Waals surface area contributed by atoms with E-state index in [1.807, 2.05) is 0 Å². The molecule has 0 atom stereocenters. The summed E-state index contributed by atoms with van der Waals surface area (Å²) in [5, 5.41) is 0.431. The van der Waals surface area contributed by atoms with Crippen LogP contribution in [0.15, 0.2) is 41.3 Å². The molecular formula is C17H17ClN2O5S2. The minimum absolute atomic E-state index is 0.0213. The van der Waals surface area contributed by atoms with Gasteiger partial charge in [0.1, 0.15) is 0 Å². The Morgan fingerprint density at radius 3 is 2.33 bits per heavy atom. The highest BCUT2D eigenvalue weighted by Crippen LogP contribution is 2.30. The van der Waals surface area contributed by atoms with E-state index in [0.29, 0.717) is 16.3 Å². The summed E-state index contributed by atoms with van der Waals surface area (Å²) in [4.78, 5) is 11.9. The maximum atomic E-state index is 12.7. The molecule has 0 aliphatic carbocycles. The molecule has 10 heteroatoms. The van der Waals surface area contributed by atoms with E-state index >= 15 is 0 Å². The van der Waals surface area contributed by atoms with Crippen LogP contribution in [-0.2, 0) is 24.8 Å². The lowest BCUT2D eigenvalue weighted by Crippen LogP contribution is -2.29. The first-order chi connectivity index (χ1) is 12.5. The first-order valence-corrected chi connectivity index (χ1v) is 11.4. The third-order valence-electron chi connectivity index (χ3n) is 4.19. The van der Waals surface area contributed by atoms with E-state index in [9.17, 15) is 21.6 Å². The van der Waals surface area contributed by atoms with Gasteiger partial charge in [-0.15, -0.1) is 0 Å². The van der Waals surface area contributed by atoms with E-state index in [1.165, 1.54) is 31.2 Å². The number of benzene rings is 2. The van der Waals surface area contributed by atoms with Crippen molar-refractivity contribution in [2.75, 3.05) is 14.8 Å². The zero-order chi connectivity index (χ0) is 20.0. The number of nitrogens with zero attached hydrogens (tertiary/aromatic N) is 1. The second kappa shape index (κ2) is 6.81. The zero-order valence-electron chi connectivity index (χ0n) is 14.6. The molecule has 0 radical (unpaired) electrons. The highest BCUT2D eigenvalue weighted by atomic mass is 35.5. The van der Waals surface area contributed by atoms with Crippen molar-refractivity contribution in [3.63, 3.8) is 0 Å². The quantitative estimate of drug-likeness (QED) is 0.806. The highest BCUT2D eigenvalue weighted by Gasteiger charge is 2.36. The van der Waals surface area contributed by atoms with E-state index in [4.69, 9.17) is 11.6 Å². The molecule has 1 heterocycles. The predicted molar refractivity (Wildman–Crippen MR) is 104 cm³/mol. The minimum Gasteiger partial charge on any atom is -0.280 e. The number of rotatable bonds is 4. The number of hydrogen-bond donors (Lipinski definition) is 1. The van der Waals surface area contributed by atoms with Crippen molar-refractivity contribution in [2.45, 2.75) is 25.2 Å². The van der Waals surface area contributed by atoms with Crippen LogP contribution in [0, 0.1) is 13.8 Å². The summed E-state index contributed by atoms with van der Waals surface area (Å²) in [5.74, 6) is -0.779. The summed E-state index contributed by atoms with van der Waals surface area (Å²) in [6.45, 7) is 3.34. The van der Waals surface area contributed by atoms with Gasteiger partial charge in [0.15, 0.2) is 0 Å². The highest BCUT2D eigenvalue weighted by molar-refractivity contribution is 7.94. The van der Waals surface area contributed by atoms with Crippen molar-refractivity contribution in [3.05, 3.63) is 52.5 Å². The Balaban J connectivity index is 1.95. The summed E-state index contributed by atoms with van der Waals surface area (Å²) < 4.78 is 52.6. The smallest absolute Gasteiger partial charge is 0.262 e. The van der Waals surface area contributed by atoms with E-state index < -0.39 is 26.0 Å². The standard InChI is InChI=1S/C17H17ClN2O5S2/c1-11-3-4-13(10-15(11)18)19-27(24,25)16-6-5-14(9-12(16)2)20-17(21)7-8-26(20,22)23/h3-6,9-10,19H,7-8H2,1-2H3. The van der Waals surface area contributed by atoms with Gasteiger partial charge in [0.2, 0.25) is 15.9 Å². The Morgan fingerprint density at radius 1 is 1.07 bits per heavy atom. The number of anilines is 2. The van der Waals surface area contributed by atoms with Crippen LogP contribution in [0.1, 0.15) is 17.5 Å². The summed E-state index contributed by atoms with van der Waals surface area (Å²) in [7, 11) is -7.63. The van der Waals surface area contributed by atoms with Crippen LogP contribution >= 0.6 is 11.6 Å². The van der Waals surface area contributed by atoms with Crippen molar-refractivity contribution < 1.29 is 21.6 Å². The average molecular weight is 429 g/mol. The normalized spacial score (nSPS) is 16.6. The van der Waals surface area contributed by atoms with Crippen LogP contribution in [-0.4, -0.2) is 28.5 Å². The summed E-state index contributed by atoms with van der Waals surface area (Å²) in [5.41, 5.74) is 1.57. The molecule has 2 aromatic rings. The minimum atomic E-state index is -3.92. The molecule has 3 rings (SSSR count). The Bertz CT molecular complexity index is 1140. The van der Waals surface area contributed by atoms with Gasteiger partial charge in [-0.2, -0.15) is 0 Å². The van der Waals surface area contributed by atoms with Gasteiger partial charge in [-0.05, 0) is 55.3 Å². The van der Waals surface area contributed by atoms with Gasteiger partial charge in [-0.3, -0.25) is 9.52 Å². The molecule has 7 nitrogen and oxygen atoms in total. The van der Waals surface area contributed by atoms with E-state index in [0.717, 1.165) is 9.87 Å². The van der Waals surface area contributed by atoms with Crippen LogP contribution in [0.25, 0.3) is 0 Å². The van der Waals surface area contributed by atoms with Crippen molar-refractivity contribution in [2.24, 2.45) is 0 Å². The SMILES string of the molecule is Cc1ccc(NS(=O)(=O)c2ccc(N3C(=O)CCS3(=O)=O)cc2C)cc1Cl. The van der Waals surface area contributed by atoms with Crippen LogP contribution in [0.5, 0.6) is 0 Å². The van der Waals surface area contributed by atoms with E-state index in [-0.39, 0.29) is 22.8 Å². The maximum absolute atomic E-state index is 12.7. The Labute approximate surface area is 163 Å². The summed E-state index contributed by atoms with van der Waals surface area (Å²) in [6.07, 6.45) is -0.0861. The van der Waals surface area contributed by atoms with Gasteiger partial charge < -0.3 is 0 Å². The molecule has 144 valence electrons. The molecule has 0 unspecified atom stereocenters. The van der Waals surface area contributed by atoms with Gasteiger partial charge in [0, 0.05) is 11.4 Å². The largest absolute Gasteiger partial charge is 0.280 e. The first-order valence-electron chi connectivity index (χ1n) is 7.97. The molecule has 0 saturated carbocycles. The van der Waals surface area contributed by atoms with Gasteiger partial charge in [-0.25, -0.2) is 21.1 Å². The summed E-state index contributed by atoms with van der Waals surface area (Å²) >= 11 is 6.02. The maximum Gasteiger partial charge on any atom is 0.262 e. The fourth-order valence-corrected chi connectivity index (χ4v) is 5.71. The molecule has 27 heavy (non-hydrogen) atoms. The molecule has 2 aromatic carbocycles. The van der Waals surface area contributed by atoms with Gasteiger partial charge in [-0.1, -0.05) is 17.7 Å². The fraction of sp³-hybridized carbons (Fsp3) is 0.235. The van der Waals surface area contributed by atoms with Crippen molar-refractivity contribution in [1.29, 1.82) is 0 Å². The topological polar surface area (TPSA) is 101 Å². The molecule has 1 aliphatic heterocycles. The molecule has 1 fully saturated rings. The second-order valence-electron chi connectivity index (χ2n) is 6.24. The van der Waals surface area contributed by atoms with Crippen molar-refractivity contribution >= 4 is 48.9 Å². The number of nitrogens with one attached hydrogen (secondary N) is 1. The summed E-state index contributed by atoms with van der Waals surface area (Å²) in [6, 6.07) is 8.76. The van der Waals surface area contributed by atoms with E-state index in [1.54, 1.807) is 19.1 Å². The fourth-order valence-electron chi connectivity index (χ4n) is 2.80. The molecule has 1 aliphatic rings. The van der Waals surface area contributed by atoms with Crippen LogP contribution in [0.3, 0.4) is 0 Å². The third-order valence-corrected chi connectivity index (χ3v) is 7.82. The molecule has 1 amide bonds. The predicted octanol–water partition coefficient (Wildman–Crippen LogP) is 2.82. The molecule has 1 N–H and O–H groups in total. The molecule has 1 saturated heterocycles. The first kappa shape index (κ1) is 19.7. The van der Waals surface area contributed by atoms with Crippen LogP contribution in [0.4, 0.5) is 11.4 Å². The lowest BCUT2D eigenvalue weighted by Gasteiger charge is -2.17. The molecule has 0 bridgehead atoms. The second-order valence-corrected chi connectivity index (χ2v) is 10.2. The van der Waals surface area contributed by atoms with Gasteiger partial charge in [0.05, 0.1) is 22.0 Å². The Morgan fingerprint density at radius 2 is 1.78 bits per heavy atom. The van der Waals surface area contributed by atoms with Gasteiger partial charge in [0.25, 0.3) is 10.0 Å². The molecule has 0 aromatic heterocycles. The number of amides is 1. The molecule has 0 spiro atoms. The monoisotopic (exact) mass is 428 g/mol. The number of carbonyl (C=O) groups is 1. The Kier molecular flexibility index (Phi) is 4.96. The van der Waals surface area contributed by atoms with Crippen molar-refractivity contribution in [3.8, 4) is 0 Å². The number of hydrogen-bond acceptors (Lipinski definition) is 5. The number of halogens is 1. The van der Waals surface area contributed by atoms with Crippen LogP contribution < -0.4 is 9.03 Å². The number of carbonyl (C=O) groups excluding carboxylic acids is 1. The lowest BCUT2D eigenvalue weighted by molar-refractivity contribution is -0.116. The molecular weight excluding hydrogens is 412 g/mol. The number of sulfonamides is 2. The Hall–Kier alpha value is -2.10. The zero-order valence-corrected chi connectivity index (χ0v) is 17.0. The van der Waals surface area contributed by atoms with Crippen molar-refractivity contribution in [1.82, 2.24) is 0 Å². The lowest BCUT2D eigenvalue weighted by atomic mass is 10.2. The average Bonchev–Trinajstić information content (AvgIpc) is 2.83. The number of aryl methyl sites for hydroxylation is 2.